The first-order valence-corrected chi connectivity index (χ1v) is 1.98. The lowest BCUT2D eigenvalue weighted by molar-refractivity contribution is -0.0128. The Morgan fingerprint density at radius 3 is 2.43 bits per heavy atom. The first kappa shape index (κ1) is 6.24. The highest BCUT2D eigenvalue weighted by molar-refractivity contribution is 4.94. The molecule has 0 rings (SSSR count). The maximum atomic E-state index is 8.38. The molecule has 40 valence electrons. The molecule has 0 unspecified atom stereocenters. The van der Waals surface area contributed by atoms with E-state index in [4.69, 9.17) is 5.21 Å². The van der Waals surface area contributed by atoms with Gasteiger partial charge in [-0.25, -0.2) is 0 Å². The maximum Gasteiger partial charge on any atom is 0.0334 e. The SMILES string of the molecule is C=C/C=C\N(C)O. The molecule has 0 aliphatic heterocycles. The number of hydroxylamine groups is 2. The fourth-order valence-electron chi connectivity index (χ4n) is 0.185. The summed E-state index contributed by atoms with van der Waals surface area (Å²) in [6.45, 7) is 3.41. The van der Waals surface area contributed by atoms with Crippen molar-refractivity contribution >= 4 is 0 Å². The molecule has 0 aliphatic rings. The average Bonchev–Trinajstić information content (AvgIpc) is 1.61. The van der Waals surface area contributed by atoms with Crippen LogP contribution in [-0.4, -0.2) is 17.3 Å². The van der Waals surface area contributed by atoms with E-state index in [-0.39, 0.29) is 0 Å². The Morgan fingerprint density at radius 1 is 1.71 bits per heavy atom. The largest absolute Gasteiger partial charge is 0.289 e. The molecule has 0 spiro atoms. The second-order valence-electron chi connectivity index (χ2n) is 1.15. The number of hydrogen-bond acceptors (Lipinski definition) is 2. The molecule has 0 saturated carbocycles. The van der Waals surface area contributed by atoms with E-state index < -0.39 is 0 Å². The van der Waals surface area contributed by atoms with Gasteiger partial charge in [-0.3, -0.25) is 10.3 Å². The minimum Gasteiger partial charge on any atom is -0.289 e. The van der Waals surface area contributed by atoms with Crippen LogP contribution < -0.4 is 0 Å². The molecule has 0 aromatic carbocycles. The van der Waals surface area contributed by atoms with Crippen molar-refractivity contribution in [2.24, 2.45) is 0 Å². The van der Waals surface area contributed by atoms with Gasteiger partial charge in [0.1, 0.15) is 0 Å². The lowest BCUT2D eigenvalue weighted by Gasteiger charge is -1.97. The molecule has 0 aromatic heterocycles. The van der Waals surface area contributed by atoms with E-state index in [1.807, 2.05) is 0 Å². The maximum absolute atomic E-state index is 8.38. The Morgan fingerprint density at radius 2 is 2.29 bits per heavy atom. The quantitative estimate of drug-likeness (QED) is 0.412. The lowest BCUT2D eigenvalue weighted by atomic mass is 10.6. The van der Waals surface area contributed by atoms with Crippen LogP contribution in [-0.2, 0) is 0 Å². The van der Waals surface area contributed by atoms with Crippen molar-refractivity contribution in [3.63, 3.8) is 0 Å². The number of hydrogen-bond donors (Lipinski definition) is 1. The van der Waals surface area contributed by atoms with Gasteiger partial charge >= 0.3 is 0 Å². The van der Waals surface area contributed by atoms with Gasteiger partial charge < -0.3 is 0 Å². The minimum atomic E-state index is 0.960. The average molecular weight is 99.1 g/mol. The summed E-state index contributed by atoms with van der Waals surface area (Å²) in [4.78, 5) is 0. The minimum absolute atomic E-state index is 0.960. The monoisotopic (exact) mass is 99.1 g/mol. The molecule has 0 aliphatic carbocycles. The standard InChI is InChI=1S/C5H9NO/c1-3-4-5-6(2)7/h3-5,7H,1H2,2H3/b5-4-. The summed E-state index contributed by atoms with van der Waals surface area (Å²) in [5, 5.41) is 9.34. The molecule has 0 heterocycles. The van der Waals surface area contributed by atoms with Gasteiger partial charge in [0.2, 0.25) is 0 Å². The normalized spacial score (nSPS) is 9.43. The fourth-order valence-corrected chi connectivity index (χ4v) is 0.185. The van der Waals surface area contributed by atoms with Crippen molar-refractivity contribution in [2.45, 2.75) is 0 Å². The predicted octanol–water partition coefficient (Wildman–Crippen LogP) is 1.01. The molecule has 0 bridgehead atoms. The van der Waals surface area contributed by atoms with E-state index in [1.54, 1.807) is 12.2 Å². The molecule has 7 heavy (non-hydrogen) atoms. The Hall–Kier alpha value is -0.760. The van der Waals surface area contributed by atoms with E-state index in [2.05, 4.69) is 6.58 Å². The Bertz CT molecular complexity index is 76.1. The lowest BCUT2D eigenvalue weighted by Crippen LogP contribution is -2.00. The summed E-state index contributed by atoms with van der Waals surface area (Å²) in [7, 11) is 1.53. The third-order valence-electron chi connectivity index (χ3n) is 0.438. The third kappa shape index (κ3) is 5.24. The first-order valence-electron chi connectivity index (χ1n) is 1.98. The van der Waals surface area contributed by atoms with Crippen LogP contribution in [0.25, 0.3) is 0 Å². The number of allylic oxidation sites excluding steroid dienone is 2. The molecule has 0 amide bonds. The molecule has 0 atom stereocenters. The molecule has 0 saturated heterocycles. The zero-order valence-electron chi connectivity index (χ0n) is 4.33. The summed E-state index contributed by atoms with van der Waals surface area (Å²) >= 11 is 0. The van der Waals surface area contributed by atoms with Crippen LogP contribution in [0.15, 0.2) is 24.9 Å². The van der Waals surface area contributed by atoms with Crippen molar-refractivity contribution in [1.29, 1.82) is 0 Å². The van der Waals surface area contributed by atoms with Crippen LogP contribution in [0, 0.1) is 0 Å². The number of nitrogens with zero attached hydrogens (tertiary/aromatic N) is 1. The van der Waals surface area contributed by atoms with Gasteiger partial charge in [-0.2, -0.15) is 0 Å². The number of rotatable bonds is 2. The van der Waals surface area contributed by atoms with Gasteiger partial charge in [-0.05, 0) is 6.08 Å². The van der Waals surface area contributed by atoms with E-state index in [9.17, 15) is 0 Å². The van der Waals surface area contributed by atoms with Crippen molar-refractivity contribution in [3.05, 3.63) is 24.9 Å². The van der Waals surface area contributed by atoms with Crippen LogP contribution in [0.2, 0.25) is 0 Å². The molecule has 0 aromatic rings. The van der Waals surface area contributed by atoms with Gasteiger partial charge in [0, 0.05) is 13.2 Å². The fraction of sp³-hybridized carbons (Fsp3) is 0.200. The molecule has 0 radical (unpaired) electrons. The van der Waals surface area contributed by atoms with Crippen LogP contribution in [0.4, 0.5) is 0 Å². The Balaban J connectivity index is 3.25. The highest BCUT2D eigenvalue weighted by atomic mass is 16.5. The summed E-state index contributed by atoms with van der Waals surface area (Å²) in [5.74, 6) is 0. The van der Waals surface area contributed by atoms with Crippen LogP contribution in [0.5, 0.6) is 0 Å². The summed E-state index contributed by atoms with van der Waals surface area (Å²) in [6.07, 6.45) is 4.72. The van der Waals surface area contributed by atoms with Crippen LogP contribution in [0.1, 0.15) is 0 Å². The third-order valence-corrected chi connectivity index (χ3v) is 0.438. The molecular weight excluding hydrogens is 90.1 g/mol. The van der Waals surface area contributed by atoms with Gasteiger partial charge in [0.05, 0.1) is 0 Å². The molecular formula is C5H9NO. The molecule has 0 fully saturated rings. The summed E-state index contributed by atoms with van der Waals surface area (Å²) in [6, 6.07) is 0. The first-order chi connectivity index (χ1) is 3.27. The van der Waals surface area contributed by atoms with Crippen molar-refractivity contribution in [1.82, 2.24) is 5.06 Å². The summed E-state index contributed by atoms with van der Waals surface area (Å²) < 4.78 is 0. The Labute approximate surface area is 43.3 Å². The molecule has 1 N–H and O–H groups in total. The van der Waals surface area contributed by atoms with E-state index >= 15 is 0 Å². The van der Waals surface area contributed by atoms with E-state index in [0.717, 1.165) is 5.06 Å². The van der Waals surface area contributed by atoms with E-state index in [0.29, 0.717) is 0 Å². The topological polar surface area (TPSA) is 23.5 Å². The van der Waals surface area contributed by atoms with Gasteiger partial charge in [0.25, 0.3) is 0 Å². The van der Waals surface area contributed by atoms with E-state index in [1.165, 1.54) is 13.2 Å². The molecule has 2 nitrogen and oxygen atoms in total. The van der Waals surface area contributed by atoms with Gasteiger partial charge in [0.15, 0.2) is 0 Å². The van der Waals surface area contributed by atoms with Gasteiger partial charge in [-0.1, -0.05) is 12.7 Å². The predicted molar refractivity (Wildman–Crippen MR) is 28.9 cm³/mol. The zero-order chi connectivity index (χ0) is 5.70. The van der Waals surface area contributed by atoms with Crippen LogP contribution in [0.3, 0.4) is 0 Å². The summed E-state index contributed by atoms with van der Waals surface area (Å²) in [5.41, 5.74) is 0. The molecule has 2 heteroatoms. The highest BCUT2D eigenvalue weighted by Crippen LogP contribution is 1.74. The smallest absolute Gasteiger partial charge is 0.0334 e. The second-order valence-corrected chi connectivity index (χ2v) is 1.15. The Kier molecular flexibility index (Phi) is 3.06. The van der Waals surface area contributed by atoms with Crippen molar-refractivity contribution in [2.75, 3.05) is 7.05 Å². The van der Waals surface area contributed by atoms with Gasteiger partial charge in [-0.15, -0.1) is 0 Å². The highest BCUT2D eigenvalue weighted by Gasteiger charge is 1.69. The second kappa shape index (κ2) is 3.43. The van der Waals surface area contributed by atoms with Crippen molar-refractivity contribution < 1.29 is 5.21 Å². The zero-order valence-corrected chi connectivity index (χ0v) is 4.33. The van der Waals surface area contributed by atoms with Crippen LogP contribution >= 0.6 is 0 Å². The van der Waals surface area contributed by atoms with Crippen molar-refractivity contribution in [3.8, 4) is 0 Å².